The van der Waals surface area contributed by atoms with Crippen molar-refractivity contribution >= 4 is 82.9 Å². The summed E-state index contributed by atoms with van der Waals surface area (Å²) < 4.78 is 63.5. The number of hydrogen-bond acceptors (Lipinski definition) is 19. The summed E-state index contributed by atoms with van der Waals surface area (Å²) in [6.45, 7) is 20.9. The second kappa shape index (κ2) is 43.3. The van der Waals surface area contributed by atoms with Gasteiger partial charge in [0.15, 0.2) is 5.96 Å². The summed E-state index contributed by atoms with van der Waals surface area (Å²) in [7, 11) is 0. The molecule has 0 saturated carbocycles. The molecule has 2 rings (SSSR count). The van der Waals surface area contributed by atoms with E-state index >= 15 is 4.79 Å². The Morgan fingerprint density at radius 2 is 1.03 bits per heavy atom. The summed E-state index contributed by atoms with van der Waals surface area (Å²) in [5.41, 5.74) is 16.5. The number of aliphatic hydroxyl groups is 4. The van der Waals surface area contributed by atoms with Gasteiger partial charge in [0.05, 0.1) is 43.5 Å². The number of benzene rings is 1. The Kier molecular flexibility index (Phi) is 39.5. The number of nitrogens with zero attached hydrogens (tertiary/aromatic N) is 1. The van der Waals surface area contributed by atoms with Crippen molar-refractivity contribution in [2.75, 3.05) is 19.7 Å². The lowest BCUT2D eigenvalue weighted by atomic mass is 9.86. The highest BCUT2D eigenvalue weighted by molar-refractivity contribution is 6.00. The van der Waals surface area contributed by atoms with E-state index in [-0.39, 0.29) is 62.5 Å². The largest absolute Gasteiger partial charge is 0.490 e. The third-order valence-electron chi connectivity index (χ3n) is 15.2. The number of nitrogens with two attached hydrogens (primary N) is 3. The number of amides is 11. The number of guanidine groups is 1. The summed E-state index contributed by atoms with van der Waals surface area (Å²) >= 11 is 0. The minimum atomic E-state index is -5.08. The van der Waals surface area contributed by atoms with Crippen LogP contribution in [0.3, 0.4) is 0 Å². The molecule has 23 N–H and O–H groups in total. The number of carboxylic acids is 2. The molecule has 0 bridgehead atoms. The highest BCUT2D eigenvalue weighted by atomic mass is 19.4. The van der Waals surface area contributed by atoms with E-state index in [0.717, 1.165) is 13.8 Å². The van der Waals surface area contributed by atoms with E-state index in [1.165, 1.54) is 38.1 Å². The van der Waals surface area contributed by atoms with Crippen LogP contribution in [0, 0.1) is 28.6 Å². The maximum absolute atomic E-state index is 15.5. The molecule has 1 fully saturated rings. The van der Waals surface area contributed by atoms with Crippen LogP contribution in [-0.2, 0) is 62.3 Å². The molecule has 0 spiro atoms. The fourth-order valence-corrected chi connectivity index (χ4v) is 9.59. The molecular weight excluding hydrogens is 1400 g/mol. The fraction of sp³-hybridized carbons (Fsp3) is 0.688. The SMILES string of the molecule is CC[C@H](C)[C@@H]1NC(=O)[C@@H](CCCN=C(N)N)NC(=O)[C@H](CC(C)C)NC(=O)[C@H]([C@H](O)C(C)C)NC(=O)[C@@H](NC(=O)[C@H](CC(C)(C)C)NC(=O)[C@H](N)CC(C)(C)C)[C@@H](c2ccccc2)NC(=O)[C@H](CO)NC(=O)[C@H]([C@@H](C)O)NC(=O)CNC(=O)[C@H]([C@H](C)O)NC1=O.O=C(O)C(F)(F)F.O=C(O)C(F)(F)F. The lowest BCUT2D eigenvalue weighted by Gasteiger charge is -2.35. The smallest absolute Gasteiger partial charge is 0.475 e. The Morgan fingerprint density at radius 1 is 0.587 bits per heavy atom. The van der Waals surface area contributed by atoms with Gasteiger partial charge in [-0.3, -0.25) is 57.7 Å². The zero-order valence-electron chi connectivity index (χ0n) is 60.5. The van der Waals surface area contributed by atoms with Gasteiger partial charge in [-0.15, -0.1) is 0 Å². The van der Waals surface area contributed by atoms with Crippen molar-refractivity contribution < 1.29 is 119 Å². The molecule has 1 aliphatic rings. The molecule has 0 aliphatic carbocycles. The zero-order chi connectivity index (χ0) is 80.9. The number of nitrogens with one attached hydrogen (secondary N) is 11. The summed E-state index contributed by atoms with van der Waals surface area (Å²) in [5, 5.41) is 86.0. The monoisotopic (exact) mass is 1500 g/mol. The van der Waals surface area contributed by atoms with E-state index in [9.17, 15) is 94.7 Å². The van der Waals surface area contributed by atoms with Crippen molar-refractivity contribution in [2.24, 2.45) is 50.8 Å². The summed E-state index contributed by atoms with van der Waals surface area (Å²) in [6.07, 6.45) is -15.1. The molecule has 104 heavy (non-hydrogen) atoms. The van der Waals surface area contributed by atoms with Crippen LogP contribution >= 0.6 is 0 Å². The zero-order valence-corrected chi connectivity index (χ0v) is 60.5. The van der Waals surface area contributed by atoms with Crippen LogP contribution in [-0.4, -0.2) is 224 Å². The number of halogens is 6. The first-order valence-electron chi connectivity index (χ1n) is 33.0. The minimum absolute atomic E-state index is 0.0241. The van der Waals surface area contributed by atoms with Crippen molar-refractivity contribution in [1.29, 1.82) is 0 Å². The summed E-state index contributed by atoms with van der Waals surface area (Å²) in [5.74, 6) is -19.2. The molecule has 34 nitrogen and oxygen atoms in total. The van der Waals surface area contributed by atoms with Gasteiger partial charge in [0, 0.05) is 6.54 Å². The topological polar surface area (TPSA) is 566 Å². The van der Waals surface area contributed by atoms with Crippen molar-refractivity contribution in [2.45, 2.75) is 233 Å². The van der Waals surface area contributed by atoms with Gasteiger partial charge >= 0.3 is 24.3 Å². The Labute approximate surface area is 597 Å². The number of rotatable bonds is 20. The van der Waals surface area contributed by atoms with Crippen LogP contribution < -0.4 is 75.7 Å². The highest BCUT2D eigenvalue weighted by Gasteiger charge is 2.44. The van der Waals surface area contributed by atoms with Gasteiger partial charge in [-0.1, -0.05) is 120 Å². The van der Waals surface area contributed by atoms with E-state index in [2.05, 4.69) is 63.5 Å². The van der Waals surface area contributed by atoms with Crippen LogP contribution in [0.25, 0.3) is 0 Å². The summed E-state index contributed by atoms with van der Waals surface area (Å²) in [4.78, 5) is 180. The van der Waals surface area contributed by atoms with Crippen LogP contribution in [0.5, 0.6) is 0 Å². The lowest BCUT2D eigenvalue weighted by molar-refractivity contribution is -0.193. The maximum Gasteiger partial charge on any atom is 0.490 e. The van der Waals surface area contributed by atoms with Crippen LogP contribution in [0.4, 0.5) is 26.3 Å². The molecule has 15 atom stereocenters. The molecule has 0 radical (unpaired) electrons. The predicted octanol–water partition coefficient (Wildman–Crippen LogP) is -2.28. The molecular formula is C64H105F6N15O19. The van der Waals surface area contributed by atoms with Crippen LogP contribution in [0.15, 0.2) is 35.3 Å². The average molecular weight is 1500 g/mol. The first-order valence-corrected chi connectivity index (χ1v) is 33.0. The number of carboxylic acid groups (broad SMARTS) is 2. The Hall–Kier alpha value is -9.02. The average Bonchev–Trinajstić information content (AvgIpc) is 0.802. The molecule has 1 saturated heterocycles. The highest BCUT2D eigenvalue weighted by Crippen LogP contribution is 2.25. The lowest BCUT2D eigenvalue weighted by Crippen LogP contribution is -2.65. The predicted molar refractivity (Wildman–Crippen MR) is 361 cm³/mol. The molecule has 40 heteroatoms. The van der Waals surface area contributed by atoms with Crippen molar-refractivity contribution in [1.82, 2.24) is 58.5 Å². The Balaban J connectivity index is 0.00000682. The van der Waals surface area contributed by atoms with E-state index < -0.39 is 210 Å². The number of aliphatic imine (C=N–C) groups is 1. The van der Waals surface area contributed by atoms with Crippen molar-refractivity contribution in [3.05, 3.63) is 35.9 Å². The van der Waals surface area contributed by atoms with E-state index in [1.54, 1.807) is 54.5 Å². The van der Waals surface area contributed by atoms with Crippen molar-refractivity contribution in [3.63, 3.8) is 0 Å². The third-order valence-corrected chi connectivity index (χ3v) is 15.2. The second-order valence-corrected chi connectivity index (χ2v) is 28.0. The molecule has 11 amide bonds. The van der Waals surface area contributed by atoms with Gasteiger partial charge < -0.3 is 106 Å². The Morgan fingerprint density at radius 3 is 1.48 bits per heavy atom. The number of alkyl halides is 6. The minimum Gasteiger partial charge on any atom is -0.475 e. The van der Waals surface area contributed by atoms with Crippen molar-refractivity contribution in [3.8, 4) is 0 Å². The molecule has 1 aromatic carbocycles. The van der Waals surface area contributed by atoms with E-state index in [4.69, 9.17) is 37.0 Å². The van der Waals surface area contributed by atoms with Crippen LogP contribution in [0.1, 0.15) is 147 Å². The molecule has 1 heterocycles. The van der Waals surface area contributed by atoms with Gasteiger partial charge in [-0.2, -0.15) is 26.3 Å². The quantitative estimate of drug-likeness (QED) is 0.0283. The molecule has 1 aliphatic heterocycles. The second-order valence-electron chi connectivity index (χ2n) is 28.0. The van der Waals surface area contributed by atoms with Crippen LogP contribution in [0.2, 0.25) is 0 Å². The number of carbonyl (C=O) groups is 13. The molecule has 0 unspecified atom stereocenters. The van der Waals surface area contributed by atoms with E-state index in [1.807, 2.05) is 20.8 Å². The third kappa shape index (κ3) is 35.4. The number of hydrogen-bond donors (Lipinski definition) is 20. The molecule has 0 aromatic heterocycles. The molecule has 592 valence electrons. The molecule has 1 aromatic rings. The maximum atomic E-state index is 15.5. The first-order chi connectivity index (χ1) is 47.6. The van der Waals surface area contributed by atoms with Gasteiger partial charge in [-0.05, 0) is 80.1 Å². The number of carbonyl (C=O) groups excluding carboxylic acids is 11. The normalized spacial score (nSPS) is 23.2. The standard InChI is InChI=1S/C60H103N15O15.2C2HF3O2/c1-15-31(6)41-54(87)72-42(32(7)77)53(86)65-27-40(79)70-43(33(8)78)55(88)69-39(28-76)52(85)73-44(34-20-17-16-18-21-34)45(74-51(84)38(26-60(12,13)14)68-48(81)35(61)25-59(9,10)11)56(89)75-46(47(80)30(4)5)57(90)67-37(24-29(2)3)50(83)66-36(49(82)71-41)22-19-23-64-58(62)63;2*3-2(4,5)1(6)7/h16-18,20-21,29-33,35-39,41-47,76-78,80H,15,19,22-28,61H2,1-14H3,(H,65,86)(H,66,83)(H,67,90)(H,68,81)(H,69,88)(H,70,79)(H,71,82)(H,72,87)(H,73,85)(H,74,84)(H,75,89)(H4,62,63,64);2*(H,6,7)/t31-,32-,33+,35+,36+,37-,38-,39-,41-,42-,43-,44+,45-,46-,47+;;/m0../s1. The fourth-order valence-electron chi connectivity index (χ4n) is 9.59. The van der Waals surface area contributed by atoms with Gasteiger partial charge in [-0.25, -0.2) is 9.59 Å². The van der Waals surface area contributed by atoms with Gasteiger partial charge in [0.1, 0.15) is 54.4 Å². The number of aliphatic hydroxyl groups excluding tert-OH is 4. The van der Waals surface area contributed by atoms with E-state index in [0.29, 0.717) is 0 Å². The van der Waals surface area contributed by atoms with Gasteiger partial charge in [0.2, 0.25) is 65.0 Å². The Bertz CT molecular complexity index is 3050. The summed E-state index contributed by atoms with van der Waals surface area (Å²) in [6, 6.07) is -10.8. The van der Waals surface area contributed by atoms with Gasteiger partial charge in [0.25, 0.3) is 0 Å². The first kappa shape index (κ1) is 95.0. The number of aliphatic carboxylic acids is 2.